The molecule has 0 heterocycles. The van der Waals surface area contributed by atoms with Crippen molar-refractivity contribution in [2.45, 2.75) is 6.92 Å². The van der Waals surface area contributed by atoms with Gasteiger partial charge in [-0.25, -0.2) is 9.59 Å². The molecule has 0 radical (unpaired) electrons. The number of amides is 1. The number of para-hydroxylation sites is 1. The Kier molecular flexibility index (Phi) is 6.20. The van der Waals surface area contributed by atoms with Crippen molar-refractivity contribution in [2.24, 2.45) is 0 Å². The molecule has 1 amide bonds. The van der Waals surface area contributed by atoms with Crippen LogP contribution in [0.15, 0.2) is 46.9 Å². The first-order chi connectivity index (χ1) is 11.5. The standard InChI is InChI=1S/C17H16BrNO5/c1-3-23-14-10-11(18)9-13(15(14)16(20)22-2)19-17(21)24-12-7-5-4-6-8-12/h4-10H,3H2,1-2H3,(H,19,21). The number of carbonyl (C=O) groups is 2. The maximum absolute atomic E-state index is 12.1. The zero-order chi connectivity index (χ0) is 17.5. The number of benzene rings is 2. The number of nitrogens with one attached hydrogen (secondary N) is 1. The molecule has 0 atom stereocenters. The fourth-order valence-electron chi connectivity index (χ4n) is 1.99. The van der Waals surface area contributed by atoms with E-state index in [2.05, 4.69) is 21.2 Å². The topological polar surface area (TPSA) is 73.9 Å². The van der Waals surface area contributed by atoms with E-state index in [0.717, 1.165) is 0 Å². The lowest BCUT2D eigenvalue weighted by atomic mass is 10.1. The van der Waals surface area contributed by atoms with Gasteiger partial charge in [-0.1, -0.05) is 34.1 Å². The summed E-state index contributed by atoms with van der Waals surface area (Å²) < 4.78 is 16.0. The minimum absolute atomic E-state index is 0.118. The van der Waals surface area contributed by atoms with Crippen molar-refractivity contribution in [2.75, 3.05) is 19.0 Å². The third-order valence-electron chi connectivity index (χ3n) is 2.95. The maximum Gasteiger partial charge on any atom is 0.417 e. The van der Waals surface area contributed by atoms with Crippen molar-refractivity contribution in [1.29, 1.82) is 0 Å². The van der Waals surface area contributed by atoms with Crippen LogP contribution in [0.5, 0.6) is 11.5 Å². The molecule has 0 unspecified atom stereocenters. The van der Waals surface area contributed by atoms with Gasteiger partial charge in [-0.15, -0.1) is 0 Å². The lowest BCUT2D eigenvalue weighted by Gasteiger charge is -2.15. The van der Waals surface area contributed by atoms with Gasteiger partial charge in [0, 0.05) is 4.47 Å². The molecule has 2 aromatic carbocycles. The minimum atomic E-state index is -0.730. The SMILES string of the molecule is CCOc1cc(Br)cc(NC(=O)Oc2ccccc2)c1C(=O)OC. The molecule has 0 fully saturated rings. The van der Waals surface area contributed by atoms with Crippen LogP contribution in [-0.2, 0) is 4.74 Å². The van der Waals surface area contributed by atoms with E-state index in [1.165, 1.54) is 7.11 Å². The Bertz CT molecular complexity index is 733. The average molecular weight is 394 g/mol. The average Bonchev–Trinajstić information content (AvgIpc) is 2.55. The van der Waals surface area contributed by atoms with E-state index in [1.54, 1.807) is 43.3 Å². The zero-order valence-electron chi connectivity index (χ0n) is 13.2. The van der Waals surface area contributed by atoms with Crippen molar-refractivity contribution in [3.05, 3.63) is 52.5 Å². The third kappa shape index (κ3) is 4.48. The van der Waals surface area contributed by atoms with Gasteiger partial charge in [-0.2, -0.15) is 0 Å². The van der Waals surface area contributed by atoms with Crippen molar-refractivity contribution >= 4 is 33.7 Å². The Morgan fingerprint density at radius 3 is 2.50 bits per heavy atom. The summed E-state index contributed by atoms with van der Waals surface area (Å²) in [5.74, 6) is 0.0596. The molecular formula is C17H16BrNO5. The summed E-state index contributed by atoms with van der Waals surface area (Å²) in [7, 11) is 1.26. The first kappa shape index (κ1) is 17.8. The fourth-order valence-corrected chi connectivity index (χ4v) is 2.43. The predicted molar refractivity (Wildman–Crippen MR) is 92.7 cm³/mol. The molecule has 1 N–H and O–H groups in total. The van der Waals surface area contributed by atoms with Crippen molar-refractivity contribution in [1.82, 2.24) is 0 Å². The molecule has 7 heteroatoms. The molecule has 0 aromatic heterocycles. The van der Waals surface area contributed by atoms with Crippen molar-refractivity contribution < 1.29 is 23.8 Å². The van der Waals surface area contributed by atoms with Crippen LogP contribution in [0.4, 0.5) is 10.5 Å². The van der Waals surface area contributed by atoms with Gasteiger partial charge in [0.25, 0.3) is 0 Å². The first-order valence-corrected chi connectivity index (χ1v) is 7.93. The van der Waals surface area contributed by atoms with E-state index in [4.69, 9.17) is 14.2 Å². The van der Waals surface area contributed by atoms with Crippen LogP contribution in [-0.4, -0.2) is 25.8 Å². The number of anilines is 1. The van der Waals surface area contributed by atoms with Crippen LogP contribution < -0.4 is 14.8 Å². The fraction of sp³-hybridized carbons (Fsp3) is 0.176. The molecule has 0 saturated heterocycles. The molecule has 24 heavy (non-hydrogen) atoms. The molecule has 0 saturated carbocycles. The van der Waals surface area contributed by atoms with Crippen LogP contribution in [0.25, 0.3) is 0 Å². The van der Waals surface area contributed by atoms with Crippen LogP contribution >= 0.6 is 15.9 Å². The molecule has 6 nitrogen and oxygen atoms in total. The quantitative estimate of drug-likeness (QED) is 0.768. The predicted octanol–water partition coefficient (Wildman–Crippen LogP) is 4.25. The molecule has 126 valence electrons. The lowest BCUT2D eigenvalue weighted by molar-refractivity contribution is 0.0597. The Balaban J connectivity index is 2.30. The number of rotatable bonds is 5. The van der Waals surface area contributed by atoms with Crippen LogP contribution in [0.1, 0.15) is 17.3 Å². The number of esters is 1. The monoisotopic (exact) mass is 393 g/mol. The second-order valence-corrected chi connectivity index (χ2v) is 5.49. The number of hydrogen-bond acceptors (Lipinski definition) is 5. The largest absolute Gasteiger partial charge is 0.493 e. The molecule has 0 aliphatic carbocycles. The highest BCUT2D eigenvalue weighted by Crippen LogP contribution is 2.32. The highest BCUT2D eigenvalue weighted by Gasteiger charge is 2.21. The van der Waals surface area contributed by atoms with E-state index in [-0.39, 0.29) is 11.3 Å². The second kappa shape index (κ2) is 8.35. The van der Waals surface area contributed by atoms with E-state index >= 15 is 0 Å². The Labute approximate surface area is 147 Å². The Morgan fingerprint density at radius 2 is 1.88 bits per heavy atom. The maximum atomic E-state index is 12.1. The number of hydrogen-bond donors (Lipinski definition) is 1. The molecule has 0 aliphatic heterocycles. The lowest BCUT2D eigenvalue weighted by Crippen LogP contribution is -2.19. The second-order valence-electron chi connectivity index (χ2n) is 4.58. The van der Waals surface area contributed by atoms with E-state index in [1.807, 2.05) is 6.07 Å². The highest BCUT2D eigenvalue weighted by molar-refractivity contribution is 9.10. The first-order valence-electron chi connectivity index (χ1n) is 7.13. The summed E-state index contributed by atoms with van der Waals surface area (Å²) in [6, 6.07) is 11.8. The number of carbonyl (C=O) groups excluding carboxylic acids is 2. The van der Waals surface area contributed by atoms with Crippen LogP contribution in [0.2, 0.25) is 0 Å². The van der Waals surface area contributed by atoms with Gasteiger partial charge in [-0.3, -0.25) is 5.32 Å². The van der Waals surface area contributed by atoms with Gasteiger partial charge in [0.05, 0.1) is 19.4 Å². The summed E-state index contributed by atoms with van der Waals surface area (Å²) in [6.07, 6.45) is -0.730. The number of ether oxygens (including phenoxy) is 3. The van der Waals surface area contributed by atoms with Crippen LogP contribution in [0, 0.1) is 0 Å². The van der Waals surface area contributed by atoms with Gasteiger partial charge in [-0.05, 0) is 31.2 Å². The number of methoxy groups -OCH3 is 1. The minimum Gasteiger partial charge on any atom is -0.493 e. The molecule has 2 rings (SSSR count). The van der Waals surface area contributed by atoms with E-state index < -0.39 is 12.1 Å². The summed E-state index contributed by atoms with van der Waals surface area (Å²) in [5, 5.41) is 2.54. The van der Waals surface area contributed by atoms with E-state index in [0.29, 0.717) is 22.6 Å². The van der Waals surface area contributed by atoms with Crippen LogP contribution in [0.3, 0.4) is 0 Å². The number of halogens is 1. The van der Waals surface area contributed by atoms with Gasteiger partial charge < -0.3 is 14.2 Å². The normalized spacial score (nSPS) is 9.96. The zero-order valence-corrected chi connectivity index (χ0v) is 14.8. The summed E-state index contributed by atoms with van der Waals surface area (Å²) in [6.45, 7) is 2.15. The summed E-state index contributed by atoms with van der Waals surface area (Å²) in [5.41, 5.74) is 0.341. The van der Waals surface area contributed by atoms with Gasteiger partial charge in [0.1, 0.15) is 17.1 Å². The molecule has 0 aliphatic rings. The smallest absolute Gasteiger partial charge is 0.417 e. The van der Waals surface area contributed by atoms with Gasteiger partial charge in [0.2, 0.25) is 0 Å². The molecular weight excluding hydrogens is 378 g/mol. The Morgan fingerprint density at radius 1 is 1.17 bits per heavy atom. The van der Waals surface area contributed by atoms with Crippen molar-refractivity contribution in [3.8, 4) is 11.5 Å². The van der Waals surface area contributed by atoms with Gasteiger partial charge >= 0.3 is 12.1 Å². The van der Waals surface area contributed by atoms with Gasteiger partial charge in [0.15, 0.2) is 0 Å². The highest BCUT2D eigenvalue weighted by atomic mass is 79.9. The van der Waals surface area contributed by atoms with Crippen molar-refractivity contribution in [3.63, 3.8) is 0 Å². The molecule has 0 bridgehead atoms. The summed E-state index contributed by atoms with van der Waals surface area (Å²) >= 11 is 3.32. The summed E-state index contributed by atoms with van der Waals surface area (Å²) in [4.78, 5) is 24.2. The van der Waals surface area contributed by atoms with E-state index in [9.17, 15) is 9.59 Å². The molecule has 2 aromatic rings. The third-order valence-corrected chi connectivity index (χ3v) is 3.40. The Hall–Kier alpha value is -2.54. The molecule has 0 spiro atoms.